The first-order valence-electron chi connectivity index (χ1n) is 3.18. The SMILES string of the molecule is O=C(O)CONC(=O)NCC(F)F. The average Bonchev–Trinajstić information content (AvgIpc) is 2.00. The van der Waals surface area contributed by atoms with Gasteiger partial charge in [-0.1, -0.05) is 0 Å². The van der Waals surface area contributed by atoms with Crippen LogP contribution in [-0.4, -0.2) is 36.7 Å². The molecule has 0 rings (SSSR count). The van der Waals surface area contributed by atoms with E-state index in [1.54, 1.807) is 10.8 Å². The lowest BCUT2D eigenvalue weighted by Gasteiger charge is -2.05. The molecule has 0 aromatic carbocycles. The van der Waals surface area contributed by atoms with E-state index in [2.05, 4.69) is 4.84 Å². The molecule has 8 heteroatoms. The van der Waals surface area contributed by atoms with Gasteiger partial charge >= 0.3 is 12.0 Å². The number of carbonyl (C=O) groups excluding carboxylic acids is 1. The van der Waals surface area contributed by atoms with Gasteiger partial charge in [-0.05, 0) is 0 Å². The summed E-state index contributed by atoms with van der Waals surface area (Å²) in [6.07, 6.45) is -2.66. The maximum Gasteiger partial charge on any atom is 0.338 e. The molecule has 0 aliphatic carbocycles. The Morgan fingerprint density at radius 1 is 1.46 bits per heavy atom. The van der Waals surface area contributed by atoms with Crippen molar-refractivity contribution in [2.45, 2.75) is 6.43 Å². The molecule has 6 nitrogen and oxygen atoms in total. The van der Waals surface area contributed by atoms with Crippen molar-refractivity contribution in [2.24, 2.45) is 0 Å². The number of hydroxylamine groups is 1. The number of rotatable bonds is 5. The van der Waals surface area contributed by atoms with E-state index in [9.17, 15) is 18.4 Å². The van der Waals surface area contributed by atoms with E-state index in [1.165, 1.54) is 0 Å². The molecule has 2 amide bonds. The number of alkyl halides is 2. The molecule has 0 heterocycles. The summed E-state index contributed by atoms with van der Waals surface area (Å²) in [6.45, 7) is -1.55. The fourth-order valence-electron chi connectivity index (χ4n) is 0.369. The summed E-state index contributed by atoms with van der Waals surface area (Å²) >= 11 is 0. The molecule has 0 unspecified atom stereocenters. The van der Waals surface area contributed by atoms with Gasteiger partial charge in [0.25, 0.3) is 6.43 Å². The molecule has 0 aromatic heterocycles. The third kappa shape index (κ3) is 8.47. The zero-order valence-corrected chi connectivity index (χ0v) is 6.42. The number of hydrogen-bond donors (Lipinski definition) is 3. The van der Waals surface area contributed by atoms with Crippen molar-refractivity contribution in [1.82, 2.24) is 10.8 Å². The Hall–Kier alpha value is -1.44. The van der Waals surface area contributed by atoms with E-state index >= 15 is 0 Å². The van der Waals surface area contributed by atoms with Crippen LogP contribution in [0.15, 0.2) is 0 Å². The van der Waals surface area contributed by atoms with Gasteiger partial charge in [-0.15, -0.1) is 0 Å². The molecule has 0 fully saturated rings. The zero-order valence-electron chi connectivity index (χ0n) is 6.42. The van der Waals surface area contributed by atoms with Crippen LogP contribution in [0.1, 0.15) is 0 Å². The van der Waals surface area contributed by atoms with Gasteiger partial charge in [-0.25, -0.2) is 23.9 Å². The lowest BCUT2D eigenvalue weighted by molar-refractivity contribution is -0.144. The van der Waals surface area contributed by atoms with Crippen molar-refractivity contribution in [3.8, 4) is 0 Å². The van der Waals surface area contributed by atoms with Crippen LogP contribution in [0, 0.1) is 0 Å². The van der Waals surface area contributed by atoms with Gasteiger partial charge in [0, 0.05) is 0 Å². The number of carboxylic acid groups (broad SMARTS) is 1. The monoisotopic (exact) mass is 198 g/mol. The van der Waals surface area contributed by atoms with Crippen molar-refractivity contribution < 1.29 is 28.3 Å². The molecule has 0 saturated carbocycles. The van der Waals surface area contributed by atoms with E-state index in [0.29, 0.717) is 0 Å². The Morgan fingerprint density at radius 3 is 2.54 bits per heavy atom. The Balaban J connectivity index is 3.35. The van der Waals surface area contributed by atoms with Gasteiger partial charge in [-0.2, -0.15) is 0 Å². The van der Waals surface area contributed by atoms with Crippen LogP contribution in [0.2, 0.25) is 0 Å². The highest BCUT2D eigenvalue weighted by atomic mass is 19.3. The summed E-state index contributed by atoms with van der Waals surface area (Å²) in [5.74, 6) is -1.28. The smallest absolute Gasteiger partial charge is 0.338 e. The van der Waals surface area contributed by atoms with Crippen LogP contribution in [0.25, 0.3) is 0 Å². The first kappa shape index (κ1) is 11.6. The molecule has 0 atom stereocenters. The normalized spacial score (nSPS) is 9.77. The summed E-state index contributed by atoms with van der Waals surface area (Å²) < 4.78 is 22.9. The van der Waals surface area contributed by atoms with Crippen molar-refractivity contribution >= 4 is 12.0 Å². The van der Waals surface area contributed by atoms with Crippen LogP contribution >= 0.6 is 0 Å². The number of nitrogens with one attached hydrogen (secondary N) is 2. The predicted octanol–water partition coefficient (Wildman–Crippen LogP) is -0.433. The van der Waals surface area contributed by atoms with E-state index in [1.807, 2.05) is 0 Å². The second-order valence-electron chi connectivity index (χ2n) is 1.89. The van der Waals surface area contributed by atoms with Crippen molar-refractivity contribution in [3.63, 3.8) is 0 Å². The van der Waals surface area contributed by atoms with Crippen LogP contribution < -0.4 is 10.8 Å². The molecule has 0 aliphatic heterocycles. The fourth-order valence-corrected chi connectivity index (χ4v) is 0.369. The molecule has 76 valence electrons. The summed E-state index contributed by atoms with van der Waals surface area (Å²) in [6, 6.07) is -1.01. The summed E-state index contributed by atoms with van der Waals surface area (Å²) in [7, 11) is 0. The van der Waals surface area contributed by atoms with Crippen LogP contribution in [0.5, 0.6) is 0 Å². The molecule has 3 N–H and O–H groups in total. The average molecular weight is 198 g/mol. The number of urea groups is 1. The fraction of sp³-hybridized carbons (Fsp3) is 0.600. The van der Waals surface area contributed by atoms with E-state index in [-0.39, 0.29) is 0 Å². The summed E-state index contributed by atoms with van der Waals surface area (Å²) in [5, 5.41) is 9.77. The molecular formula is C5H8F2N2O4. The van der Waals surface area contributed by atoms with E-state index < -0.39 is 31.6 Å². The van der Waals surface area contributed by atoms with E-state index in [4.69, 9.17) is 5.11 Å². The number of aliphatic carboxylic acids is 1. The molecule has 0 spiro atoms. The number of carboxylic acids is 1. The maximum absolute atomic E-state index is 11.5. The number of halogens is 2. The Labute approximate surface area is 71.8 Å². The third-order valence-corrected chi connectivity index (χ3v) is 0.777. The van der Waals surface area contributed by atoms with Crippen molar-refractivity contribution in [1.29, 1.82) is 0 Å². The van der Waals surface area contributed by atoms with Crippen LogP contribution in [0.4, 0.5) is 13.6 Å². The van der Waals surface area contributed by atoms with Gasteiger partial charge in [0.1, 0.15) is 0 Å². The number of amides is 2. The number of carbonyl (C=O) groups is 2. The Bertz CT molecular complexity index is 187. The molecule has 0 aromatic rings. The third-order valence-electron chi connectivity index (χ3n) is 0.777. The topological polar surface area (TPSA) is 87.7 Å². The largest absolute Gasteiger partial charge is 0.479 e. The van der Waals surface area contributed by atoms with Gasteiger partial charge in [0.15, 0.2) is 6.61 Å². The van der Waals surface area contributed by atoms with Gasteiger partial charge < -0.3 is 10.4 Å². The second-order valence-corrected chi connectivity index (χ2v) is 1.89. The summed E-state index contributed by atoms with van der Waals surface area (Å²) in [4.78, 5) is 24.4. The van der Waals surface area contributed by atoms with Gasteiger partial charge in [-0.3, -0.25) is 4.84 Å². The molecule has 0 aliphatic rings. The molecule has 0 radical (unpaired) electrons. The van der Waals surface area contributed by atoms with Crippen molar-refractivity contribution in [2.75, 3.05) is 13.2 Å². The standard InChI is InChI=1S/C5H8F2N2O4/c6-3(7)1-8-5(12)9-13-2-4(10)11/h3H,1-2H2,(H,10,11)(H2,8,9,12). The first-order valence-corrected chi connectivity index (χ1v) is 3.18. The molecule has 0 saturated heterocycles. The Kier molecular flexibility index (Phi) is 5.44. The quantitative estimate of drug-likeness (QED) is 0.523. The first-order chi connectivity index (χ1) is 6.02. The lowest BCUT2D eigenvalue weighted by Crippen LogP contribution is -2.38. The minimum Gasteiger partial charge on any atom is -0.479 e. The highest BCUT2D eigenvalue weighted by molar-refractivity contribution is 5.73. The highest BCUT2D eigenvalue weighted by Crippen LogP contribution is 1.86. The molecule has 13 heavy (non-hydrogen) atoms. The highest BCUT2D eigenvalue weighted by Gasteiger charge is 2.06. The number of hydrogen-bond acceptors (Lipinski definition) is 3. The van der Waals surface area contributed by atoms with Crippen molar-refractivity contribution in [3.05, 3.63) is 0 Å². The molecular weight excluding hydrogens is 190 g/mol. The Morgan fingerprint density at radius 2 is 2.08 bits per heavy atom. The molecule has 0 bridgehead atoms. The van der Waals surface area contributed by atoms with Crippen LogP contribution in [0.3, 0.4) is 0 Å². The maximum atomic E-state index is 11.5. The second kappa shape index (κ2) is 6.12. The lowest BCUT2D eigenvalue weighted by atomic mass is 10.7. The van der Waals surface area contributed by atoms with Gasteiger partial charge in [0.05, 0.1) is 6.54 Å². The van der Waals surface area contributed by atoms with E-state index in [0.717, 1.165) is 0 Å². The van der Waals surface area contributed by atoms with Crippen LogP contribution in [-0.2, 0) is 9.63 Å². The van der Waals surface area contributed by atoms with Gasteiger partial charge in [0.2, 0.25) is 0 Å². The zero-order chi connectivity index (χ0) is 10.3. The minimum atomic E-state index is -2.66. The predicted molar refractivity (Wildman–Crippen MR) is 36.1 cm³/mol. The minimum absolute atomic E-state index is 0.734. The summed E-state index contributed by atoms with van der Waals surface area (Å²) in [5.41, 5.74) is 1.61.